The van der Waals surface area contributed by atoms with Crippen molar-refractivity contribution in [1.82, 2.24) is 5.32 Å². The molecule has 0 aromatic heterocycles. The fraction of sp³-hybridized carbons (Fsp3) is 0.556. The van der Waals surface area contributed by atoms with Gasteiger partial charge in [0.05, 0.1) is 6.04 Å². The SMILES string of the molecule is Cc1ccc(C(=O)NC2CC2)cc1NC(=O)C(N)C1CCOCC1.Cl. The highest BCUT2D eigenvalue weighted by Gasteiger charge is 2.27. The van der Waals surface area contributed by atoms with Crippen LogP contribution in [-0.2, 0) is 9.53 Å². The van der Waals surface area contributed by atoms with E-state index in [0.717, 1.165) is 31.2 Å². The van der Waals surface area contributed by atoms with Crippen LogP contribution in [-0.4, -0.2) is 37.1 Å². The molecule has 1 saturated heterocycles. The molecule has 1 atom stereocenters. The number of carbonyl (C=O) groups excluding carboxylic acids is 2. The Kier molecular flexibility index (Phi) is 6.81. The first kappa shape index (κ1) is 19.7. The van der Waals surface area contributed by atoms with E-state index in [1.165, 1.54) is 0 Å². The number of ether oxygens (including phenoxy) is 1. The van der Waals surface area contributed by atoms with Crippen LogP contribution in [0, 0.1) is 12.8 Å². The number of nitrogens with two attached hydrogens (primary N) is 1. The largest absolute Gasteiger partial charge is 0.381 e. The Morgan fingerprint density at radius 1 is 1.20 bits per heavy atom. The van der Waals surface area contributed by atoms with E-state index in [9.17, 15) is 9.59 Å². The molecule has 1 aromatic carbocycles. The number of carbonyl (C=O) groups is 2. The molecule has 1 heterocycles. The Balaban J connectivity index is 0.00000225. The fourth-order valence-electron chi connectivity index (χ4n) is 2.90. The predicted molar refractivity (Wildman–Crippen MR) is 99.1 cm³/mol. The molecule has 25 heavy (non-hydrogen) atoms. The van der Waals surface area contributed by atoms with E-state index in [1.807, 2.05) is 13.0 Å². The van der Waals surface area contributed by atoms with Crippen molar-refractivity contribution in [3.63, 3.8) is 0 Å². The van der Waals surface area contributed by atoms with Gasteiger partial charge in [-0.25, -0.2) is 0 Å². The highest BCUT2D eigenvalue weighted by atomic mass is 35.5. The van der Waals surface area contributed by atoms with Gasteiger partial charge < -0.3 is 21.1 Å². The highest BCUT2D eigenvalue weighted by molar-refractivity contribution is 5.99. The van der Waals surface area contributed by atoms with Gasteiger partial charge in [-0.2, -0.15) is 0 Å². The van der Waals surface area contributed by atoms with Crippen molar-refractivity contribution in [1.29, 1.82) is 0 Å². The quantitative estimate of drug-likeness (QED) is 0.742. The van der Waals surface area contributed by atoms with Crippen LogP contribution in [0.25, 0.3) is 0 Å². The highest BCUT2D eigenvalue weighted by Crippen LogP contribution is 2.23. The lowest BCUT2D eigenvalue weighted by Gasteiger charge is -2.27. The topological polar surface area (TPSA) is 93.5 Å². The van der Waals surface area contributed by atoms with Gasteiger partial charge in [0, 0.05) is 30.5 Å². The van der Waals surface area contributed by atoms with E-state index in [2.05, 4.69) is 10.6 Å². The third kappa shape index (κ3) is 5.17. The average Bonchev–Trinajstić information content (AvgIpc) is 3.40. The van der Waals surface area contributed by atoms with E-state index >= 15 is 0 Å². The molecule has 138 valence electrons. The maximum atomic E-state index is 12.5. The third-order valence-electron chi connectivity index (χ3n) is 4.75. The number of aryl methyl sites for hydroxylation is 1. The first-order valence-corrected chi connectivity index (χ1v) is 8.60. The zero-order valence-electron chi connectivity index (χ0n) is 14.4. The van der Waals surface area contributed by atoms with Gasteiger partial charge >= 0.3 is 0 Å². The molecule has 1 aromatic rings. The molecule has 6 nitrogen and oxygen atoms in total. The van der Waals surface area contributed by atoms with Crippen molar-refractivity contribution >= 4 is 29.9 Å². The lowest BCUT2D eigenvalue weighted by molar-refractivity contribution is -0.119. The van der Waals surface area contributed by atoms with Gasteiger partial charge in [0.1, 0.15) is 0 Å². The summed E-state index contributed by atoms with van der Waals surface area (Å²) in [4.78, 5) is 24.6. The molecule has 0 spiro atoms. The number of hydrogen-bond acceptors (Lipinski definition) is 4. The molecule has 2 amide bonds. The van der Waals surface area contributed by atoms with Crippen molar-refractivity contribution in [2.24, 2.45) is 11.7 Å². The van der Waals surface area contributed by atoms with E-state index in [1.54, 1.807) is 12.1 Å². The molecule has 1 unspecified atom stereocenters. The summed E-state index contributed by atoms with van der Waals surface area (Å²) < 4.78 is 5.31. The zero-order valence-corrected chi connectivity index (χ0v) is 15.2. The number of halogens is 1. The van der Waals surface area contributed by atoms with Crippen molar-refractivity contribution in [3.05, 3.63) is 29.3 Å². The molecular weight excluding hydrogens is 342 g/mol. The molecule has 2 fully saturated rings. The summed E-state index contributed by atoms with van der Waals surface area (Å²) in [5, 5.41) is 5.84. The van der Waals surface area contributed by atoms with Gasteiger partial charge in [-0.1, -0.05) is 6.07 Å². The minimum atomic E-state index is -0.558. The van der Waals surface area contributed by atoms with Gasteiger partial charge in [0.25, 0.3) is 5.91 Å². The minimum absolute atomic E-state index is 0. The van der Waals surface area contributed by atoms with Crippen LogP contribution in [0.3, 0.4) is 0 Å². The molecule has 0 bridgehead atoms. The molecular formula is C18H26ClN3O3. The number of benzene rings is 1. The normalized spacial score (nSPS) is 18.8. The standard InChI is InChI=1S/C18H25N3O3.ClH/c1-11-2-3-13(17(22)20-14-4-5-14)10-15(11)21-18(23)16(19)12-6-8-24-9-7-12;/h2-3,10,12,14,16H,4-9,19H2,1H3,(H,20,22)(H,21,23);1H. The number of hydrogen-bond donors (Lipinski definition) is 3. The van der Waals surface area contributed by atoms with E-state index < -0.39 is 6.04 Å². The van der Waals surface area contributed by atoms with Crippen LogP contribution in [0.2, 0.25) is 0 Å². The monoisotopic (exact) mass is 367 g/mol. The number of anilines is 1. The number of amides is 2. The second-order valence-corrected chi connectivity index (χ2v) is 6.74. The van der Waals surface area contributed by atoms with Crippen LogP contribution in [0.5, 0.6) is 0 Å². The van der Waals surface area contributed by atoms with Gasteiger partial charge in [-0.15, -0.1) is 12.4 Å². The fourth-order valence-corrected chi connectivity index (χ4v) is 2.90. The Labute approximate surface area is 154 Å². The van der Waals surface area contributed by atoms with Crippen molar-refractivity contribution in [2.45, 2.75) is 44.7 Å². The van der Waals surface area contributed by atoms with E-state index in [4.69, 9.17) is 10.5 Å². The Hall–Kier alpha value is -1.63. The van der Waals surface area contributed by atoms with Crippen molar-refractivity contribution < 1.29 is 14.3 Å². The van der Waals surface area contributed by atoms with Crippen LogP contribution in [0.4, 0.5) is 5.69 Å². The summed E-state index contributed by atoms with van der Waals surface area (Å²) in [6.45, 7) is 3.21. The first-order chi connectivity index (χ1) is 11.5. The van der Waals surface area contributed by atoms with Crippen LogP contribution in [0.1, 0.15) is 41.6 Å². The molecule has 7 heteroatoms. The van der Waals surface area contributed by atoms with Crippen molar-refractivity contribution in [3.8, 4) is 0 Å². The molecule has 1 saturated carbocycles. The van der Waals surface area contributed by atoms with Gasteiger partial charge in [0.2, 0.25) is 5.91 Å². The van der Waals surface area contributed by atoms with Crippen molar-refractivity contribution in [2.75, 3.05) is 18.5 Å². The molecule has 0 radical (unpaired) electrons. The Bertz CT molecular complexity index is 628. The molecule has 1 aliphatic heterocycles. The lowest BCUT2D eigenvalue weighted by atomic mass is 9.91. The summed E-state index contributed by atoms with van der Waals surface area (Å²) in [5.41, 5.74) is 8.23. The molecule has 2 aliphatic rings. The predicted octanol–water partition coefficient (Wildman–Crippen LogP) is 2.00. The summed E-state index contributed by atoms with van der Waals surface area (Å²) >= 11 is 0. The maximum Gasteiger partial charge on any atom is 0.251 e. The smallest absolute Gasteiger partial charge is 0.251 e. The van der Waals surface area contributed by atoms with E-state index in [0.29, 0.717) is 30.5 Å². The number of rotatable bonds is 5. The molecule has 1 aliphatic carbocycles. The summed E-state index contributed by atoms with van der Waals surface area (Å²) in [7, 11) is 0. The summed E-state index contributed by atoms with van der Waals surface area (Å²) in [6, 6.07) is 5.09. The lowest BCUT2D eigenvalue weighted by Crippen LogP contribution is -2.44. The van der Waals surface area contributed by atoms with Crippen LogP contribution < -0.4 is 16.4 Å². The second kappa shape index (κ2) is 8.65. The molecule has 3 rings (SSSR count). The van der Waals surface area contributed by atoms with Gasteiger partial charge in [-0.05, 0) is 56.2 Å². The Morgan fingerprint density at radius 2 is 1.88 bits per heavy atom. The summed E-state index contributed by atoms with van der Waals surface area (Å²) in [5.74, 6) is -0.160. The summed E-state index contributed by atoms with van der Waals surface area (Å²) in [6.07, 6.45) is 3.69. The zero-order chi connectivity index (χ0) is 17.1. The molecule has 4 N–H and O–H groups in total. The second-order valence-electron chi connectivity index (χ2n) is 6.74. The minimum Gasteiger partial charge on any atom is -0.381 e. The number of nitrogens with one attached hydrogen (secondary N) is 2. The van der Waals surface area contributed by atoms with Crippen LogP contribution in [0.15, 0.2) is 18.2 Å². The van der Waals surface area contributed by atoms with Gasteiger partial charge in [0.15, 0.2) is 0 Å². The third-order valence-corrected chi connectivity index (χ3v) is 4.75. The van der Waals surface area contributed by atoms with E-state index in [-0.39, 0.29) is 30.1 Å². The maximum absolute atomic E-state index is 12.5. The average molecular weight is 368 g/mol. The first-order valence-electron chi connectivity index (χ1n) is 8.60. The van der Waals surface area contributed by atoms with Crippen LogP contribution >= 0.6 is 12.4 Å². The Morgan fingerprint density at radius 3 is 2.52 bits per heavy atom. The van der Waals surface area contributed by atoms with Gasteiger partial charge in [-0.3, -0.25) is 9.59 Å².